The molecule has 0 saturated heterocycles. The Labute approximate surface area is 70.5 Å². The van der Waals surface area contributed by atoms with Gasteiger partial charge >= 0.3 is 0 Å². The fourth-order valence-corrected chi connectivity index (χ4v) is 2.96. The van der Waals surface area contributed by atoms with Crippen LogP contribution in [0, 0.1) is 0 Å². The average molecular weight is 176 g/mol. The van der Waals surface area contributed by atoms with Crippen molar-refractivity contribution in [2.24, 2.45) is 0 Å². The Morgan fingerprint density at radius 2 is 1.91 bits per heavy atom. The van der Waals surface area contributed by atoms with Crippen LogP contribution in [0.1, 0.15) is 32.1 Å². The molecule has 0 spiro atoms. The molecule has 1 atom stereocenters. The minimum atomic E-state index is -0.756. The molecule has 0 bridgehead atoms. The molecule has 66 valence electrons. The Morgan fingerprint density at radius 3 is 2.45 bits per heavy atom. The van der Waals surface area contributed by atoms with Crippen molar-refractivity contribution in [3.05, 3.63) is 0 Å². The summed E-state index contributed by atoms with van der Waals surface area (Å²) in [5.74, 6) is 0.477. The highest BCUT2D eigenvalue weighted by atomic mass is 32.2. The average Bonchev–Trinajstić information content (AvgIpc) is 2.07. The topological polar surface area (TPSA) is 37.3 Å². The lowest BCUT2D eigenvalue weighted by molar-refractivity contribution is 0.320. The molecular formula is C8H16O2S. The van der Waals surface area contributed by atoms with Crippen LogP contribution in [-0.2, 0) is 10.8 Å². The van der Waals surface area contributed by atoms with Crippen molar-refractivity contribution >= 4 is 10.8 Å². The van der Waals surface area contributed by atoms with Crippen molar-refractivity contribution in [2.75, 3.05) is 12.4 Å². The van der Waals surface area contributed by atoms with Gasteiger partial charge in [0.05, 0.1) is 6.61 Å². The second kappa shape index (κ2) is 4.88. The van der Waals surface area contributed by atoms with Gasteiger partial charge in [-0.15, -0.1) is 0 Å². The minimum absolute atomic E-state index is 0.0725. The van der Waals surface area contributed by atoms with Crippen LogP contribution in [0.15, 0.2) is 0 Å². The van der Waals surface area contributed by atoms with E-state index in [0.717, 1.165) is 12.8 Å². The summed E-state index contributed by atoms with van der Waals surface area (Å²) < 4.78 is 11.3. The molecule has 0 aromatic heterocycles. The molecule has 0 radical (unpaired) electrons. The third-order valence-electron chi connectivity index (χ3n) is 2.22. The van der Waals surface area contributed by atoms with E-state index in [2.05, 4.69) is 0 Å². The molecule has 1 N–H and O–H groups in total. The molecule has 1 aliphatic carbocycles. The van der Waals surface area contributed by atoms with E-state index in [1.54, 1.807) is 0 Å². The molecule has 0 aliphatic heterocycles. The molecular weight excluding hydrogens is 160 g/mol. The van der Waals surface area contributed by atoms with Crippen LogP contribution < -0.4 is 0 Å². The zero-order valence-electron chi connectivity index (χ0n) is 6.79. The molecule has 0 amide bonds. The Morgan fingerprint density at radius 1 is 1.27 bits per heavy atom. The van der Waals surface area contributed by atoms with E-state index in [9.17, 15) is 4.21 Å². The lowest BCUT2D eigenvalue weighted by Gasteiger charge is -2.20. The molecule has 0 aromatic carbocycles. The van der Waals surface area contributed by atoms with Gasteiger partial charge in [-0.2, -0.15) is 0 Å². The number of hydrogen-bond donors (Lipinski definition) is 1. The van der Waals surface area contributed by atoms with Gasteiger partial charge in [-0.1, -0.05) is 19.3 Å². The van der Waals surface area contributed by atoms with Crippen LogP contribution in [0.2, 0.25) is 0 Å². The normalized spacial score (nSPS) is 23.4. The first-order valence-electron chi connectivity index (χ1n) is 4.32. The smallest absolute Gasteiger partial charge is 0.0546 e. The molecule has 1 fully saturated rings. The molecule has 1 saturated carbocycles. The molecule has 1 aliphatic rings. The maximum absolute atomic E-state index is 11.3. The van der Waals surface area contributed by atoms with E-state index in [1.165, 1.54) is 19.3 Å². The van der Waals surface area contributed by atoms with Gasteiger partial charge in [-0.3, -0.25) is 4.21 Å². The SMILES string of the molecule is O=S(CCO)C1CCCCC1. The number of aliphatic hydroxyl groups excluding tert-OH is 1. The number of rotatable bonds is 3. The Kier molecular flexibility index (Phi) is 4.08. The molecule has 3 heteroatoms. The van der Waals surface area contributed by atoms with Gasteiger partial charge in [0.2, 0.25) is 0 Å². The van der Waals surface area contributed by atoms with Crippen molar-refractivity contribution in [2.45, 2.75) is 37.4 Å². The van der Waals surface area contributed by atoms with Gasteiger partial charge in [0.15, 0.2) is 0 Å². The minimum Gasteiger partial charge on any atom is -0.395 e. The van der Waals surface area contributed by atoms with Crippen molar-refractivity contribution in [1.82, 2.24) is 0 Å². The summed E-state index contributed by atoms with van der Waals surface area (Å²) in [6, 6.07) is 0. The predicted octanol–water partition coefficient (Wildman–Crippen LogP) is 1.06. The monoisotopic (exact) mass is 176 g/mol. The van der Waals surface area contributed by atoms with Gasteiger partial charge in [-0.05, 0) is 12.8 Å². The van der Waals surface area contributed by atoms with Gasteiger partial charge < -0.3 is 5.11 Å². The molecule has 1 rings (SSSR count). The van der Waals surface area contributed by atoms with E-state index in [-0.39, 0.29) is 6.61 Å². The van der Waals surface area contributed by atoms with Crippen molar-refractivity contribution in [3.63, 3.8) is 0 Å². The summed E-state index contributed by atoms with van der Waals surface area (Å²) in [7, 11) is -0.756. The highest BCUT2D eigenvalue weighted by molar-refractivity contribution is 7.85. The van der Waals surface area contributed by atoms with E-state index in [0.29, 0.717) is 11.0 Å². The van der Waals surface area contributed by atoms with Crippen LogP contribution in [-0.4, -0.2) is 26.9 Å². The van der Waals surface area contributed by atoms with E-state index in [4.69, 9.17) is 5.11 Å². The van der Waals surface area contributed by atoms with Gasteiger partial charge in [0, 0.05) is 21.8 Å². The number of aliphatic hydroxyl groups is 1. The van der Waals surface area contributed by atoms with Gasteiger partial charge in [0.25, 0.3) is 0 Å². The summed E-state index contributed by atoms with van der Waals surface area (Å²) in [4.78, 5) is 0. The maximum atomic E-state index is 11.3. The Balaban J connectivity index is 2.27. The van der Waals surface area contributed by atoms with E-state index < -0.39 is 10.8 Å². The zero-order valence-corrected chi connectivity index (χ0v) is 7.61. The Bertz CT molecular complexity index is 130. The van der Waals surface area contributed by atoms with Crippen LogP contribution in [0.5, 0.6) is 0 Å². The highest BCUT2D eigenvalue weighted by Gasteiger charge is 2.18. The van der Waals surface area contributed by atoms with E-state index in [1.807, 2.05) is 0 Å². The second-order valence-corrected chi connectivity index (χ2v) is 4.90. The van der Waals surface area contributed by atoms with Crippen LogP contribution in [0.25, 0.3) is 0 Å². The van der Waals surface area contributed by atoms with Crippen LogP contribution >= 0.6 is 0 Å². The third-order valence-corrected chi connectivity index (χ3v) is 4.02. The number of hydrogen-bond acceptors (Lipinski definition) is 2. The summed E-state index contributed by atoms with van der Waals surface area (Å²) in [6.45, 7) is 0.0725. The molecule has 0 heterocycles. The third kappa shape index (κ3) is 2.91. The fraction of sp³-hybridized carbons (Fsp3) is 1.00. The molecule has 11 heavy (non-hydrogen) atoms. The summed E-state index contributed by atoms with van der Waals surface area (Å²) in [5, 5.41) is 8.96. The van der Waals surface area contributed by atoms with Crippen LogP contribution in [0.4, 0.5) is 0 Å². The lowest BCUT2D eigenvalue weighted by atomic mass is 10.0. The lowest BCUT2D eigenvalue weighted by Crippen LogP contribution is -2.21. The van der Waals surface area contributed by atoms with Crippen LogP contribution in [0.3, 0.4) is 0 Å². The van der Waals surface area contributed by atoms with Crippen molar-refractivity contribution < 1.29 is 9.32 Å². The first kappa shape index (κ1) is 9.20. The second-order valence-electron chi connectivity index (χ2n) is 3.07. The van der Waals surface area contributed by atoms with Gasteiger partial charge in [0.1, 0.15) is 0 Å². The standard InChI is InChI=1S/C8H16O2S/c9-6-7-11(10)8-4-2-1-3-5-8/h8-9H,1-7H2. The molecule has 0 aromatic rings. The highest BCUT2D eigenvalue weighted by Crippen LogP contribution is 2.21. The van der Waals surface area contributed by atoms with E-state index >= 15 is 0 Å². The van der Waals surface area contributed by atoms with Crippen molar-refractivity contribution in [3.8, 4) is 0 Å². The largest absolute Gasteiger partial charge is 0.395 e. The fourth-order valence-electron chi connectivity index (χ4n) is 1.58. The maximum Gasteiger partial charge on any atom is 0.0546 e. The summed E-state index contributed by atoms with van der Waals surface area (Å²) in [6.07, 6.45) is 5.95. The predicted molar refractivity (Wildman–Crippen MR) is 47.0 cm³/mol. The molecule has 1 unspecified atom stereocenters. The quantitative estimate of drug-likeness (QED) is 0.698. The summed E-state index contributed by atoms with van der Waals surface area (Å²) in [5.41, 5.74) is 0. The molecule has 2 nitrogen and oxygen atoms in total. The first-order chi connectivity index (χ1) is 5.34. The Hall–Kier alpha value is 0.110. The van der Waals surface area contributed by atoms with Gasteiger partial charge in [-0.25, -0.2) is 0 Å². The summed E-state index contributed by atoms with van der Waals surface area (Å²) >= 11 is 0. The van der Waals surface area contributed by atoms with Crippen molar-refractivity contribution in [1.29, 1.82) is 0 Å². The zero-order chi connectivity index (χ0) is 8.10. The first-order valence-corrected chi connectivity index (χ1v) is 5.71.